The van der Waals surface area contributed by atoms with Gasteiger partial charge in [-0.15, -0.1) is 0 Å². The smallest absolute Gasteiger partial charge is 0.338 e. The number of carbonyl (C=O) groups is 2. The van der Waals surface area contributed by atoms with Crippen molar-refractivity contribution < 1.29 is 22.7 Å². The monoisotopic (exact) mass is 500 g/mol. The van der Waals surface area contributed by atoms with Crippen molar-refractivity contribution in [3.8, 4) is 0 Å². The molecule has 0 aliphatic rings. The zero-order valence-corrected chi connectivity index (χ0v) is 20.8. The highest BCUT2D eigenvalue weighted by Crippen LogP contribution is 2.27. The minimum absolute atomic E-state index is 0.00988. The summed E-state index contributed by atoms with van der Waals surface area (Å²) in [6.45, 7) is 7.37. The molecule has 2 N–H and O–H groups in total. The zero-order valence-electron chi connectivity index (χ0n) is 19.2. The van der Waals surface area contributed by atoms with E-state index in [2.05, 4.69) is 10.0 Å². The van der Waals surface area contributed by atoms with Gasteiger partial charge in [-0.2, -0.15) is 0 Å². The molecule has 0 aromatic heterocycles. The Balaban J connectivity index is 1.86. The second-order valence-electron chi connectivity index (χ2n) is 7.77. The first-order chi connectivity index (χ1) is 16.0. The first kappa shape index (κ1) is 25.3. The number of carbonyl (C=O) groups excluding carboxylic acids is 2. The minimum atomic E-state index is -4.05. The van der Waals surface area contributed by atoms with Crippen LogP contribution in [-0.4, -0.2) is 26.9 Å². The van der Waals surface area contributed by atoms with Gasteiger partial charge >= 0.3 is 5.97 Å². The quantitative estimate of drug-likeness (QED) is 0.417. The van der Waals surface area contributed by atoms with Gasteiger partial charge in [0.1, 0.15) is 4.90 Å². The van der Waals surface area contributed by atoms with E-state index in [0.29, 0.717) is 22.5 Å². The van der Waals surface area contributed by atoms with Crippen molar-refractivity contribution in [1.82, 2.24) is 0 Å². The maximum absolute atomic E-state index is 13.1. The molecule has 0 atom stereocenters. The van der Waals surface area contributed by atoms with Crippen LogP contribution in [0.25, 0.3) is 0 Å². The van der Waals surface area contributed by atoms with Crippen molar-refractivity contribution in [1.29, 1.82) is 0 Å². The number of nitrogens with one attached hydrogen (secondary N) is 2. The van der Waals surface area contributed by atoms with Crippen molar-refractivity contribution in [3.05, 3.63) is 87.4 Å². The first-order valence-electron chi connectivity index (χ1n) is 10.5. The van der Waals surface area contributed by atoms with E-state index in [1.165, 1.54) is 18.2 Å². The number of rotatable bonds is 7. The molecule has 7 nitrogen and oxygen atoms in total. The third kappa shape index (κ3) is 5.76. The molecule has 0 fully saturated rings. The van der Waals surface area contributed by atoms with Crippen LogP contribution in [0.1, 0.15) is 44.3 Å². The standard InChI is InChI=1S/C25H25ClN2O5S/c1-5-33-25(30)19-9-11-21(17(4)13-19)27-24(29)18-8-10-20(26)23(14-18)34(31,32)28-22-12-15(2)6-7-16(22)3/h6-14,28H,5H2,1-4H3,(H,27,29). The normalized spacial score (nSPS) is 11.1. The molecular weight excluding hydrogens is 476 g/mol. The molecule has 3 rings (SSSR count). The Morgan fingerprint density at radius 1 is 0.882 bits per heavy atom. The first-order valence-corrected chi connectivity index (χ1v) is 12.4. The van der Waals surface area contributed by atoms with Crippen molar-refractivity contribution in [2.45, 2.75) is 32.6 Å². The molecule has 0 aliphatic carbocycles. The number of esters is 1. The van der Waals surface area contributed by atoms with Gasteiger partial charge in [-0.05, 0) is 86.8 Å². The number of hydrogen-bond acceptors (Lipinski definition) is 5. The average Bonchev–Trinajstić information content (AvgIpc) is 2.77. The van der Waals surface area contributed by atoms with Crippen molar-refractivity contribution >= 4 is 44.9 Å². The third-order valence-corrected chi connectivity index (χ3v) is 6.95. The van der Waals surface area contributed by atoms with Crippen LogP contribution in [0.2, 0.25) is 5.02 Å². The summed E-state index contributed by atoms with van der Waals surface area (Å²) in [7, 11) is -4.05. The average molecular weight is 501 g/mol. The Bertz CT molecular complexity index is 1370. The van der Waals surface area contributed by atoms with Crippen LogP contribution in [-0.2, 0) is 14.8 Å². The molecule has 0 spiro atoms. The number of sulfonamides is 1. The molecule has 0 heterocycles. The number of halogens is 1. The van der Waals surface area contributed by atoms with Crippen LogP contribution in [0.5, 0.6) is 0 Å². The predicted octanol–water partition coefficient (Wildman–Crippen LogP) is 5.50. The molecule has 9 heteroatoms. The fourth-order valence-electron chi connectivity index (χ4n) is 3.24. The molecule has 0 saturated heterocycles. The summed E-state index contributed by atoms with van der Waals surface area (Å²) < 4.78 is 33.6. The summed E-state index contributed by atoms with van der Waals surface area (Å²) in [5.74, 6) is -0.973. The van der Waals surface area contributed by atoms with Gasteiger partial charge < -0.3 is 10.1 Å². The number of ether oxygens (including phenoxy) is 1. The Morgan fingerprint density at radius 2 is 1.59 bits per heavy atom. The van der Waals surface area contributed by atoms with Gasteiger partial charge in [0, 0.05) is 11.3 Å². The SMILES string of the molecule is CCOC(=O)c1ccc(NC(=O)c2ccc(Cl)c(S(=O)(=O)Nc3cc(C)ccc3C)c2)c(C)c1. The summed E-state index contributed by atoms with van der Waals surface area (Å²) >= 11 is 6.19. The highest BCUT2D eigenvalue weighted by atomic mass is 35.5. The Hall–Kier alpha value is -3.36. The van der Waals surface area contributed by atoms with Crippen LogP contribution in [0, 0.1) is 20.8 Å². The molecule has 0 radical (unpaired) electrons. The third-order valence-electron chi connectivity index (χ3n) is 5.11. The van der Waals surface area contributed by atoms with Crippen LogP contribution in [0.3, 0.4) is 0 Å². The second kappa shape index (κ2) is 10.3. The lowest BCUT2D eigenvalue weighted by Crippen LogP contribution is -2.17. The zero-order chi connectivity index (χ0) is 25.0. The topological polar surface area (TPSA) is 102 Å². The van der Waals surface area contributed by atoms with Gasteiger partial charge in [0.2, 0.25) is 0 Å². The predicted molar refractivity (Wildman–Crippen MR) is 133 cm³/mol. The number of hydrogen-bond donors (Lipinski definition) is 2. The number of anilines is 2. The van der Waals surface area contributed by atoms with E-state index in [1.807, 2.05) is 19.1 Å². The molecule has 178 valence electrons. The lowest BCUT2D eigenvalue weighted by atomic mass is 10.1. The lowest BCUT2D eigenvalue weighted by molar-refractivity contribution is 0.0526. The van der Waals surface area contributed by atoms with E-state index >= 15 is 0 Å². The maximum Gasteiger partial charge on any atom is 0.338 e. The summed E-state index contributed by atoms with van der Waals surface area (Å²) in [4.78, 5) is 24.6. The molecule has 0 saturated carbocycles. The fraction of sp³-hybridized carbons (Fsp3) is 0.200. The highest BCUT2D eigenvalue weighted by Gasteiger charge is 2.22. The van der Waals surface area contributed by atoms with Crippen LogP contribution in [0.15, 0.2) is 59.5 Å². The Kier molecular flexibility index (Phi) is 7.64. The summed E-state index contributed by atoms with van der Waals surface area (Å²) in [6.07, 6.45) is 0. The lowest BCUT2D eigenvalue weighted by Gasteiger charge is -2.14. The Labute approximate surface area is 204 Å². The Morgan fingerprint density at radius 3 is 2.26 bits per heavy atom. The molecular formula is C25H25ClN2O5S. The minimum Gasteiger partial charge on any atom is -0.462 e. The van der Waals surface area contributed by atoms with Crippen molar-refractivity contribution in [2.75, 3.05) is 16.6 Å². The summed E-state index contributed by atoms with van der Waals surface area (Å²) in [5, 5.41) is 2.73. The number of benzene rings is 3. The van der Waals surface area contributed by atoms with Gasteiger partial charge in [-0.25, -0.2) is 13.2 Å². The van der Waals surface area contributed by atoms with E-state index in [1.54, 1.807) is 45.0 Å². The van der Waals surface area contributed by atoms with E-state index in [0.717, 1.165) is 11.1 Å². The molecule has 0 unspecified atom stereocenters. The molecule has 0 bridgehead atoms. The largest absolute Gasteiger partial charge is 0.462 e. The molecule has 3 aromatic carbocycles. The van der Waals surface area contributed by atoms with Gasteiger partial charge in [-0.1, -0.05) is 23.7 Å². The van der Waals surface area contributed by atoms with Gasteiger partial charge in [0.25, 0.3) is 15.9 Å². The van der Waals surface area contributed by atoms with E-state index in [-0.39, 0.29) is 22.1 Å². The number of aryl methyl sites for hydroxylation is 3. The van der Waals surface area contributed by atoms with Crippen LogP contribution >= 0.6 is 11.6 Å². The van der Waals surface area contributed by atoms with Crippen molar-refractivity contribution in [3.63, 3.8) is 0 Å². The fourth-order valence-corrected chi connectivity index (χ4v) is 4.88. The van der Waals surface area contributed by atoms with E-state index < -0.39 is 21.9 Å². The van der Waals surface area contributed by atoms with Crippen molar-refractivity contribution in [2.24, 2.45) is 0 Å². The summed E-state index contributed by atoms with van der Waals surface area (Å²) in [6, 6.07) is 14.2. The second-order valence-corrected chi connectivity index (χ2v) is 9.83. The summed E-state index contributed by atoms with van der Waals surface area (Å²) in [5.41, 5.74) is 3.69. The van der Waals surface area contributed by atoms with E-state index in [4.69, 9.17) is 16.3 Å². The van der Waals surface area contributed by atoms with Gasteiger partial charge in [0.15, 0.2) is 0 Å². The number of amides is 1. The maximum atomic E-state index is 13.1. The molecule has 0 aliphatic heterocycles. The van der Waals surface area contributed by atoms with Crippen LogP contribution in [0.4, 0.5) is 11.4 Å². The van der Waals surface area contributed by atoms with E-state index in [9.17, 15) is 18.0 Å². The van der Waals surface area contributed by atoms with Gasteiger partial charge in [-0.3, -0.25) is 9.52 Å². The molecule has 1 amide bonds. The highest BCUT2D eigenvalue weighted by molar-refractivity contribution is 7.92. The molecule has 3 aromatic rings. The van der Waals surface area contributed by atoms with Crippen LogP contribution < -0.4 is 10.0 Å². The molecule has 34 heavy (non-hydrogen) atoms. The van der Waals surface area contributed by atoms with Gasteiger partial charge in [0.05, 0.1) is 22.9 Å².